The van der Waals surface area contributed by atoms with Gasteiger partial charge >= 0.3 is 0 Å². The van der Waals surface area contributed by atoms with Crippen molar-refractivity contribution in [3.05, 3.63) is 66.0 Å². The molecule has 0 unspecified atom stereocenters. The predicted molar refractivity (Wildman–Crippen MR) is 129 cm³/mol. The number of halogens is 2. The van der Waals surface area contributed by atoms with Crippen LogP contribution < -0.4 is 10.1 Å². The fourth-order valence-electron chi connectivity index (χ4n) is 2.52. The molecule has 6 nitrogen and oxygen atoms in total. The minimum atomic E-state index is -0.387. The van der Waals surface area contributed by atoms with Gasteiger partial charge in [-0.1, -0.05) is 42.5 Å². The Morgan fingerprint density at radius 2 is 1.73 bits per heavy atom. The molecule has 0 bridgehead atoms. The van der Waals surface area contributed by atoms with E-state index in [0.717, 1.165) is 6.42 Å². The van der Waals surface area contributed by atoms with Crippen LogP contribution in [0.3, 0.4) is 0 Å². The summed E-state index contributed by atoms with van der Waals surface area (Å²) in [7, 11) is 5.26. The van der Waals surface area contributed by atoms with Gasteiger partial charge < -0.3 is 19.9 Å². The summed E-state index contributed by atoms with van der Waals surface area (Å²) in [4.78, 5) is 19.7. The molecule has 2 aromatic carbocycles. The lowest BCUT2D eigenvalue weighted by molar-refractivity contribution is -0.127. The van der Waals surface area contributed by atoms with Gasteiger partial charge in [-0.05, 0) is 24.1 Å². The normalized spacial score (nSPS) is 10.7. The fourth-order valence-corrected chi connectivity index (χ4v) is 2.52. The second-order valence-corrected chi connectivity index (χ2v) is 6.79. The lowest BCUT2D eigenvalue weighted by Crippen LogP contribution is -2.42. The quantitative estimate of drug-likeness (QED) is 0.309. The van der Waals surface area contributed by atoms with Crippen molar-refractivity contribution >= 4 is 35.8 Å². The average Bonchev–Trinajstić information content (AvgIpc) is 2.72. The molecule has 0 atom stereocenters. The Morgan fingerprint density at radius 3 is 2.40 bits per heavy atom. The number of carbonyl (C=O) groups excluding carboxylic acids is 1. The number of aliphatic imine (C=N–C) groups is 1. The standard InChI is InChI=1S/C22H29FN4O2.HI/c1-26(2)21(28)17-25-22(24-14-13-18-9-5-4-6-10-18)27(3)15-16-29-20-12-8-7-11-19(20)23;/h4-12H,13-17H2,1-3H3,(H,24,25);1H. The largest absolute Gasteiger partial charge is 0.489 e. The molecule has 0 heterocycles. The van der Waals surface area contributed by atoms with E-state index in [4.69, 9.17) is 4.74 Å². The predicted octanol–water partition coefficient (Wildman–Crippen LogP) is 3.03. The molecule has 2 aromatic rings. The van der Waals surface area contributed by atoms with E-state index in [2.05, 4.69) is 22.4 Å². The summed E-state index contributed by atoms with van der Waals surface area (Å²) in [5.74, 6) is 0.359. The zero-order valence-electron chi connectivity index (χ0n) is 17.7. The van der Waals surface area contributed by atoms with Crippen molar-refractivity contribution in [2.24, 2.45) is 4.99 Å². The molecule has 0 aliphatic rings. The molecule has 0 aliphatic heterocycles. The van der Waals surface area contributed by atoms with E-state index in [0.29, 0.717) is 25.7 Å². The number of nitrogens with zero attached hydrogens (tertiary/aromatic N) is 3. The van der Waals surface area contributed by atoms with Gasteiger partial charge in [-0.25, -0.2) is 9.38 Å². The number of hydrogen-bond donors (Lipinski definition) is 1. The fraction of sp³-hybridized carbons (Fsp3) is 0.364. The Morgan fingerprint density at radius 1 is 1.07 bits per heavy atom. The van der Waals surface area contributed by atoms with Crippen LogP contribution in [0.25, 0.3) is 0 Å². The maximum Gasteiger partial charge on any atom is 0.243 e. The van der Waals surface area contributed by atoms with Gasteiger partial charge in [0.25, 0.3) is 0 Å². The lowest BCUT2D eigenvalue weighted by atomic mass is 10.1. The van der Waals surface area contributed by atoms with E-state index in [1.165, 1.54) is 16.5 Å². The highest BCUT2D eigenvalue weighted by Crippen LogP contribution is 2.15. The number of para-hydroxylation sites is 1. The third kappa shape index (κ3) is 8.98. The minimum Gasteiger partial charge on any atom is -0.489 e. The van der Waals surface area contributed by atoms with E-state index in [1.54, 1.807) is 32.3 Å². The highest BCUT2D eigenvalue weighted by Gasteiger charge is 2.10. The molecule has 0 saturated heterocycles. The first-order valence-electron chi connectivity index (χ1n) is 9.58. The van der Waals surface area contributed by atoms with Gasteiger partial charge in [-0.2, -0.15) is 0 Å². The van der Waals surface area contributed by atoms with Crippen molar-refractivity contribution in [2.45, 2.75) is 6.42 Å². The van der Waals surface area contributed by atoms with Crippen LogP contribution in [0.4, 0.5) is 4.39 Å². The molecule has 2 rings (SSSR count). The van der Waals surface area contributed by atoms with Crippen LogP contribution >= 0.6 is 24.0 Å². The van der Waals surface area contributed by atoms with Crippen LogP contribution in [0, 0.1) is 5.82 Å². The van der Waals surface area contributed by atoms with Crippen molar-refractivity contribution in [1.82, 2.24) is 15.1 Å². The van der Waals surface area contributed by atoms with Crippen molar-refractivity contribution in [3.8, 4) is 5.75 Å². The highest BCUT2D eigenvalue weighted by molar-refractivity contribution is 14.0. The first-order valence-corrected chi connectivity index (χ1v) is 9.58. The number of likely N-dealkylation sites (N-methyl/N-ethyl adjacent to an activating group) is 2. The van der Waals surface area contributed by atoms with E-state index in [-0.39, 0.29) is 48.0 Å². The Balaban J connectivity index is 0.00000450. The van der Waals surface area contributed by atoms with Gasteiger partial charge in [0.2, 0.25) is 5.91 Å². The average molecular weight is 528 g/mol. The molecule has 30 heavy (non-hydrogen) atoms. The SMILES string of the molecule is CN(C)C(=O)CN=C(NCCc1ccccc1)N(C)CCOc1ccccc1F.I. The second-order valence-electron chi connectivity index (χ2n) is 6.79. The summed E-state index contributed by atoms with van der Waals surface area (Å²) in [6.45, 7) is 1.51. The number of nitrogens with one attached hydrogen (secondary N) is 1. The van der Waals surface area contributed by atoms with Crippen molar-refractivity contribution < 1.29 is 13.9 Å². The second kappa shape index (κ2) is 13.8. The molecule has 0 radical (unpaired) electrons. The van der Waals surface area contributed by atoms with E-state index >= 15 is 0 Å². The van der Waals surface area contributed by atoms with Crippen LogP contribution in [0.2, 0.25) is 0 Å². The number of carbonyl (C=O) groups is 1. The molecule has 164 valence electrons. The van der Waals surface area contributed by atoms with E-state index in [9.17, 15) is 9.18 Å². The smallest absolute Gasteiger partial charge is 0.243 e. The number of amides is 1. The van der Waals surface area contributed by atoms with Crippen LogP contribution in [0.5, 0.6) is 5.75 Å². The number of hydrogen-bond acceptors (Lipinski definition) is 3. The summed E-state index contributed by atoms with van der Waals surface area (Å²) < 4.78 is 19.2. The molecular weight excluding hydrogens is 498 g/mol. The molecule has 0 spiro atoms. The number of rotatable bonds is 9. The van der Waals surface area contributed by atoms with Crippen LogP contribution in [-0.2, 0) is 11.2 Å². The number of benzene rings is 2. The van der Waals surface area contributed by atoms with Gasteiger partial charge in [0.05, 0.1) is 6.54 Å². The molecule has 0 saturated carbocycles. The van der Waals surface area contributed by atoms with Crippen molar-refractivity contribution in [3.63, 3.8) is 0 Å². The minimum absolute atomic E-state index is 0. The topological polar surface area (TPSA) is 57.2 Å². The third-order valence-electron chi connectivity index (χ3n) is 4.28. The summed E-state index contributed by atoms with van der Waals surface area (Å²) in [6.07, 6.45) is 0.834. The molecule has 0 aliphatic carbocycles. The lowest BCUT2D eigenvalue weighted by Gasteiger charge is -2.23. The van der Waals surface area contributed by atoms with Crippen LogP contribution in [0.15, 0.2) is 59.6 Å². The van der Waals surface area contributed by atoms with E-state index in [1.807, 2.05) is 30.1 Å². The van der Waals surface area contributed by atoms with Gasteiger partial charge in [-0.3, -0.25) is 4.79 Å². The zero-order valence-corrected chi connectivity index (χ0v) is 20.0. The van der Waals surface area contributed by atoms with Crippen molar-refractivity contribution in [1.29, 1.82) is 0 Å². The van der Waals surface area contributed by atoms with E-state index < -0.39 is 0 Å². The maximum absolute atomic E-state index is 13.7. The van der Waals surface area contributed by atoms with Crippen LogP contribution in [-0.4, -0.2) is 69.1 Å². The maximum atomic E-state index is 13.7. The Hall–Kier alpha value is -2.36. The first kappa shape index (κ1) is 25.7. The Labute approximate surface area is 195 Å². The molecule has 0 aromatic heterocycles. The molecular formula is C22H30FIN4O2. The number of ether oxygens (including phenoxy) is 1. The Bertz CT molecular complexity index is 803. The van der Waals surface area contributed by atoms with Gasteiger partial charge in [0.15, 0.2) is 17.5 Å². The number of guanidine groups is 1. The van der Waals surface area contributed by atoms with Gasteiger partial charge in [-0.15, -0.1) is 24.0 Å². The van der Waals surface area contributed by atoms with Crippen molar-refractivity contribution in [2.75, 3.05) is 47.4 Å². The molecule has 1 N–H and O–H groups in total. The van der Waals surface area contributed by atoms with Gasteiger partial charge in [0, 0.05) is 27.7 Å². The summed E-state index contributed by atoms with van der Waals surface area (Å²) in [5, 5.41) is 3.30. The first-order chi connectivity index (χ1) is 14.0. The summed E-state index contributed by atoms with van der Waals surface area (Å²) in [5.41, 5.74) is 1.22. The van der Waals surface area contributed by atoms with Crippen LogP contribution in [0.1, 0.15) is 5.56 Å². The molecule has 8 heteroatoms. The summed E-state index contributed by atoms with van der Waals surface area (Å²) in [6, 6.07) is 16.4. The Kier molecular flexibility index (Phi) is 11.8. The highest BCUT2D eigenvalue weighted by atomic mass is 127. The zero-order chi connectivity index (χ0) is 21.1. The third-order valence-corrected chi connectivity index (χ3v) is 4.28. The molecule has 1 amide bonds. The summed E-state index contributed by atoms with van der Waals surface area (Å²) >= 11 is 0. The monoisotopic (exact) mass is 528 g/mol. The van der Waals surface area contributed by atoms with Gasteiger partial charge in [0.1, 0.15) is 13.2 Å². The molecule has 0 fully saturated rings.